The number of aldehydes is 1. The monoisotopic (exact) mass is 167 g/mol. The smallest absolute Gasteiger partial charge is 0.139 e. The minimum absolute atomic E-state index is 0.00894. The largest absolute Gasteiger partial charge is 0.508 e. The van der Waals surface area contributed by atoms with Gasteiger partial charge in [-0.25, -0.2) is 0 Å². The Morgan fingerprint density at radius 3 is 2.83 bits per heavy atom. The number of benzene rings is 1. The summed E-state index contributed by atoms with van der Waals surface area (Å²) in [6.45, 7) is 0.108. The van der Waals surface area contributed by atoms with Crippen LogP contribution in [0.1, 0.15) is 0 Å². The van der Waals surface area contributed by atoms with E-state index in [1.807, 2.05) is 0 Å². The number of hydrogen-bond donors (Lipinski definition) is 3. The minimum Gasteiger partial charge on any atom is -0.508 e. The van der Waals surface area contributed by atoms with Crippen molar-refractivity contribution in [2.75, 3.05) is 11.9 Å². The standard InChI is InChI=1S/C8H9NO3/c10-4-3-9-7-5-6(11)1-2-8(7)12/h1-2,4-5,9,11-12H,3H2. The number of nitrogens with one attached hydrogen (secondary N) is 1. The SMILES string of the molecule is O=CCNc1cc(O)ccc1O. The Bertz CT molecular complexity index is 286. The van der Waals surface area contributed by atoms with Gasteiger partial charge in [-0.3, -0.25) is 0 Å². The number of aromatic hydroxyl groups is 2. The highest BCUT2D eigenvalue weighted by atomic mass is 16.3. The van der Waals surface area contributed by atoms with E-state index in [1.165, 1.54) is 18.2 Å². The van der Waals surface area contributed by atoms with Gasteiger partial charge in [-0.05, 0) is 12.1 Å². The van der Waals surface area contributed by atoms with E-state index in [0.717, 1.165) is 0 Å². The van der Waals surface area contributed by atoms with E-state index < -0.39 is 0 Å². The number of carbonyl (C=O) groups is 1. The fourth-order valence-corrected chi connectivity index (χ4v) is 0.817. The van der Waals surface area contributed by atoms with Gasteiger partial charge in [-0.2, -0.15) is 0 Å². The molecule has 1 rings (SSSR count). The number of carbonyl (C=O) groups excluding carboxylic acids is 1. The zero-order valence-corrected chi connectivity index (χ0v) is 6.32. The first-order valence-electron chi connectivity index (χ1n) is 3.43. The molecule has 0 spiro atoms. The van der Waals surface area contributed by atoms with Crippen molar-refractivity contribution in [2.24, 2.45) is 0 Å². The van der Waals surface area contributed by atoms with Gasteiger partial charge in [0.15, 0.2) is 0 Å². The molecule has 4 nitrogen and oxygen atoms in total. The third-order valence-corrected chi connectivity index (χ3v) is 1.36. The Labute approximate surface area is 69.5 Å². The molecule has 1 aromatic rings. The predicted molar refractivity (Wildman–Crippen MR) is 44.3 cm³/mol. The molecule has 0 amide bonds. The summed E-state index contributed by atoms with van der Waals surface area (Å²) in [5.74, 6) is 0.0517. The molecule has 0 aliphatic rings. The third-order valence-electron chi connectivity index (χ3n) is 1.36. The van der Waals surface area contributed by atoms with Gasteiger partial charge in [0.2, 0.25) is 0 Å². The van der Waals surface area contributed by atoms with Gasteiger partial charge < -0.3 is 20.3 Å². The van der Waals surface area contributed by atoms with Crippen LogP contribution >= 0.6 is 0 Å². The maximum atomic E-state index is 9.97. The zero-order valence-electron chi connectivity index (χ0n) is 6.32. The molecule has 0 saturated heterocycles. The molecule has 1 aromatic carbocycles. The van der Waals surface area contributed by atoms with Crippen molar-refractivity contribution in [1.82, 2.24) is 0 Å². The van der Waals surface area contributed by atoms with Crippen LogP contribution in [0.4, 0.5) is 5.69 Å². The van der Waals surface area contributed by atoms with Gasteiger partial charge >= 0.3 is 0 Å². The maximum absolute atomic E-state index is 9.97. The molecule has 0 bridgehead atoms. The van der Waals surface area contributed by atoms with Crippen molar-refractivity contribution in [3.63, 3.8) is 0 Å². The van der Waals surface area contributed by atoms with Crippen molar-refractivity contribution in [3.05, 3.63) is 18.2 Å². The Hall–Kier alpha value is -1.71. The van der Waals surface area contributed by atoms with Crippen molar-refractivity contribution >= 4 is 12.0 Å². The number of hydrogen-bond acceptors (Lipinski definition) is 4. The lowest BCUT2D eigenvalue weighted by Gasteiger charge is -2.04. The third kappa shape index (κ3) is 1.88. The van der Waals surface area contributed by atoms with Crippen LogP contribution in [0.15, 0.2) is 18.2 Å². The van der Waals surface area contributed by atoms with Crippen LogP contribution in [-0.2, 0) is 4.79 Å². The van der Waals surface area contributed by atoms with Crippen LogP contribution in [0.5, 0.6) is 11.5 Å². The van der Waals surface area contributed by atoms with Gasteiger partial charge in [0.25, 0.3) is 0 Å². The molecule has 12 heavy (non-hydrogen) atoms. The average Bonchev–Trinajstić information content (AvgIpc) is 2.07. The molecule has 0 radical (unpaired) electrons. The van der Waals surface area contributed by atoms with Crippen LogP contribution in [0.3, 0.4) is 0 Å². The second-order valence-electron chi connectivity index (χ2n) is 2.25. The first-order valence-corrected chi connectivity index (χ1v) is 3.43. The molecule has 4 heteroatoms. The number of rotatable bonds is 3. The average molecular weight is 167 g/mol. The summed E-state index contributed by atoms with van der Waals surface area (Å²) in [6, 6.07) is 4.06. The molecule has 0 fully saturated rings. The minimum atomic E-state index is 0.00894. The predicted octanol–water partition coefficient (Wildman–Crippen LogP) is 0.709. The summed E-state index contributed by atoms with van der Waals surface area (Å²) in [4.78, 5) is 9.97. The molecule has 0 aliphatic heterocycles. The molecule has 0 aromatic heterocycles. The van der Waals surface area contributed by atoms with Crippen LogP contribution in [-0.4, -0.2) is 23.0 Å². The van der Waals surface area contributed by atoms with E-state index in [9.17, 15) is 9.90 Å². The van der Waals surface area contributed by atoms with Crippen LogP contribution in [0.2, 0.25) is 0 Å². The summed E-state index contributed by atoms with van der Waals surface area (Å²) >= 11 is 0. The van der Waals surface area contributed by atoms with E-state index in [1.54, 1.807) is 0 Å². The van der Waals surface area contributed by atoms with Crippen molar-refractivity contribution < 1.29 is 15.0 Å². The maximum Gasteiger partial charge on any atom is 0.139 e. The molecular formula is C8H9NO3. The quantitative estimate of drug-likeness (QED) is 0.352. The Balaban J connectivity index is 2.82. The van der Waals surface area contributed by atoms with Gasteiger partial charge in [-0.1, -0.05) is 0 Å². The topological polar surface area (TPSA) is 69.6 Å². The summed E-state index contributed by atoms with van der Waals surface area (Å²) in [5.41, 5.74) is 0.349. The van der Waals surface area contributed by atoms with Crippen LogP contribution in [0.25, 0.3) is 0 Å². The molecule has 0 aliphatic carbocycles. The highest BCUT2D eigenvalue weighted by molar-refractivity contribution is 5.64. The fourth-order valence-electron chi connectivity index (χ4n) is 0.817. The molecule has 0 atom stereocenters. The first kappa shape index (κ1) is 8.39. The highest BCUT2D eigenvalue weighted by Crippen LogP contribution is 2.26. The second kappa shape index (κ2) is 3.61. The van der Waals surface area contributed by atoms with E-state index in [4.69, 9.17) is 5.11 Å². The van der Waals surface area contributed by atoms with E-state index in [0.29, 0.717) is 12.0 Å². The number of phenols is 2. The summed E-state index contributed by atoms with van der Waals surface area (Å²) in [6.07, 6.45) is 0.670. The summed E-state index contributed by atoms with van der Waals surface area (Å²) in [7, 11) is 0. The van der Waals surface area contributed by atoms with E-state index in [-0.39, 0.29) is 18.0 Å². The molecule has 3 N–H and O–H groups in total. The van der Waals surface area contributed by atoms with Gasteiger partial charge in [-0.15, -0.1) is 0 Å². The lowest BCUT2D eigenvalue weighted by Crippen LogP contribution is -2.01. The van der Waals surface area contributed by atoms with Crippen LogP contribution < -0.4 is 5.32 Å². The summed E-state index contributed by atoms with van der Waals surface area (Å²) < 4.78 is 0. The molecule has 0 heterocycles. The molecule has 64 valence electrons. The number of anilines is 1. The van der Waals surface area contributed by atoms with Crippen molar-refractivity contribution in [3.8, 4) is 11.5 Å². The van der Waals surface area contributed by atoms with Crippen molar-refractivity contribution in [1.29, 1.82) is 0 Å². The zero-order chi connectivity index (χ0) is 8.97. The number of phenolic OH excluding ortho intramolecular Hbond substituents is 2. The van der Waals surface area contributed by atoms with Gasteiger partial charge in [0.05, 0.1) is 12.2 Å². The lowest BCUT2D eigenvalue weighted by atomic mass is 10.3. The normalized spacial score (nSPS) is 9.33. The highest BCUT2D eigenvalue weighted by Gasteiger charge is 1.99. The molecule has 0 unspecified atom stereocenters. The first-order chi connectivity index (χ1) is 5.74. The van der Waals surface area contributed by atoms with Gasteiger partial charge in [0.1, 0.15) is 17.8 Å². The fraction of sp³-hybridized carbons (Fsp3) is 0.125. The Kier molecular flexibility index (Phi) is 2.53. The van der Waals surface area contributed by atoms with Crippen molar-refractivity contribution in [2.45, 2.75) is 0 Å². The lowest BCUT2D eigenvalue weighted by molar-refractivity contribution is -0.106. The van der Waals surface area contributed by atoms with E-state index in [2.05, 4.69) is 5.32 Å². The molecule has 0 saturated carbocycles. The Morgan fingerprint density at radius 1 is 1.42 bits per heavy atom. The van der Waals surface area contributed by atoms with E-state index >= 15 is 0 Å². The Morgan fingerprint density at radius 2 is 2.17 bits per heavy atom. The van der Waals surface area contributed by atoms with Crippen LogP contribution in [0, 0.1) is 0 Å². The van der Waals surface area contributed by atoms with Gasteiger partial charge in [0, 0.05) is 6.07 Å². The second-order valence-corrected chi connectivity index (χ2v) is 2.25. The summed E-state index contributed by atoms with van der Waals surface area (Å²) in [5, 5.41) is 20.8. The molecular weight excluding hydrogens is 158 g/mol.